The van der Waals surface area contributed by atoms with E-state index in [9.17, 15) is 4.79 Å². The van der Waals surface area contributed by atoms with Gasteiger partial charge in [0.2, 0.25) is 5.95 Å². The molecule has 0 atom stereocenters. The predicted octanol–water partition coefficient (Wildman–Crippen LogP) is 3.39. The molecule has 0 amide bonds. The Morgan fingerprint density at radius 2 is 1.93 bits per heavy atom. The highest BCUT2D eigenvalue weighted by molar-refractivity contribution is 5.90. The minimum atomic E-state index is -0.384. The summed E-state index contributed by atoms with van der Waals surface area (Å²) in [4.78, 5) is 26.9. The van der Waals surface area contributed by atoms with Gasteiger partial charge in [0, 0.05) is 43.4 Å². The van der Waals surface area contributed by atoms with E-state index in [-0.39, 0.29) is 5.97 Å². The van der Waals surface area contributed by atoms with E-state index in [4.69, 9.17) is 4.74 Å². The van der Waals surface area contributed by atoms with Crippen molar-refractivity contribution >= 4 is 23.4 Å². The molecule has 28 heavy (non-hydrogen) atoms. The first-order valence-corrected chi connectivity index (χ1v) is 8.96. The van der Waals surface area contributed by atoms with Crippen LogP contribution in [0.2, 0.25) is 0 Å². The van der Waals surface area contributed by atoms with E-state index in [1.54, 1.807) is 30.6 Å². The first-order chi connectivity index (χ1) is 13.5. The Hall–Kier alpha value is -3.48. The smallest absolute Gasteiger partial charge is 0.337 e. The largest absolute Gasteiger partial charge is 0.465 e. The average molecular weight is 377 g/mol. The first kappa shape index (κ1) is 19.3. The van der Waals surface area contributed by atoms with Crippen molar-refractivity contribution in [1.29, 1.82) is 0 Å². The third-order valence-corrected chi connectivity index (χ3v) is 4.26. The maximum absolute atomic E-state index is 11.7. The fraction of sp³-hybridized carbons (Fsp3) is 0.238. The number of aromatic nitrogens is 3. The SMILES string of the molecule is COC(=O)c1cccc(Nc2nc(C)cc(N(C)CCc3ccncc3)n2)c1. The molecule has 0 unspecified atom stereocenters. The molecule has 0 saturated carbocycles. The van der Waals surface area contributed by atoms with Gasteiger partial charge < -0.3 is 15.0 Å². The Morgan fingerprint density at radius 1 is 1.14 bits per heavy atom. The molecule has 3 aromatic rings. The van der Waals surface area contributed by atoms with Gasteiger partial charge in [-0.1, -0.05) is 6.07 Å². The minimum Gasteiger partial charge on any atom is -0.465 e. The number of nitrogens with one attached hydrogen (secondary N) is 1. The van der Waals surface area contributed by atoms with Gasteiger partial charge in [0.05, 0.1) is 12.7 Å². The number of anilines is 3. The zero-order valence-electron chi connectivity index (χ0n) is 16.2. The number of hydrogen-bond donors (Lipinski definition) is 1. The topological polar surface area (TPSA) is 80.2 Å². The summed E-state index contributed by atoms with van der Waals surface area (Å²) < 4.78 is 4.77. The van der Waals surface area contributed by atoms with Gasteiger partial charge in [0.25, 0.3) is 0 Å². The summed E-state index contributed by atoms with van der Waals surface area (Å²) in [5.41, 5.74) is 3.27. The van der Waals surface area contributed by atoms with E-state index >= 15 is 0 Å². The van der Waals surface area contributed by atoms with Crippen LogP contribution in [-0.2, 0) is 11.2 Å². The predicted molar refractivity (Wildman–Crippen MR) is 109 cm³/mol. The second-order valence-corrected chi connectivity index (χ2v) is 6.42. The molecule has 0 aliphatic heterocycles. The number of carbonyl (C=O) groups is 1. The van der Waals surface area contributed by atoms with E-state index in [2.05, 4.69) is 25.2 Å². The monoisotopic (exact) mass is 377 g/mol. The minimum absolute atomic E-state index is 0.384. The molecule has 7 nitrogen and oxygen atoms in total. The summed E-state index contributed by atoms with van der Waals surface area (Å²) in [5.74, 6) is 0.923. The van der Waals surface area contributed by atoms with E-state index in [1.807, 2.05) is 38.2 Å². The Labute approximate surface area is 164 Å². The normalized spacial score (nSPS) is 10.4. The van der Waals surface area contributed by atoms with Gasteiger partial charge in [-0.2, -0.15) is 4.98 Å². The molecule has 0 saturated heterocycles. The third kappa shape index (κ3) is 5.03. The summed E-state index contributed by atoms with van der Waals surface area (Å²) in [6, 6.07) is 13.0. The van der Waals surface area contributed by atoms with Crippen LogP contribution in [0.15, 0.2) is 54.9 Å². The second kappa shape index (κ2) is 8.94. The van der Waals surface area contributed by atoms with E-state index in [1.165, 1.54) is 12.7 Å². The summed E-state index contributed by atoms with van der Waals surface area (Å²) in [6.07, 6.45) is 4.50. The Kier molecular flexibility index (Phi) is 6.16. The lowest BCUT2D eigenvalue weighted by atomic mass is 10.2. The van der Waals surface area contributed by atoms with Crippen LogP contribution >= 0.6 is 0 Å². The lowest BCUT2D eigenvalue weighted by molar-refractivity contribution is 0.0601. The van der Waals surface area contributed by atoms with Crippen LogP contribution in [0, 0.1) is 6.92 Å². The molecular formula is C21H23N5O2. The van der Waals surface area contributed by atoms with E-state index in [0.29, 0.717) is 11.5 Å². The summed E-state index contributed by atoms with van der Waals surface area (Å²) in [5, 5.41) is 3.17. The molecule has 144 valence electrons. The van der Waals surface area contributed by atoms with E-state index < -0.39 is 0 Å². The maximum atomic E-state index is 11.7. The molecule has 1 N–H and O–H groups in total. The molecular weight excluding hydrogens is 354 g/mol. The summed E-state index contributed by atoms with van der Waals surface area (Å²) >= 11 is 0. The molecule has 2 aromatic heterocycles. The van der Waals surface area contributed by atoms with Crippen molar-refractivity contribution in [3.63, 3.8) is 0 Å². The maximum Gasteiger partial charge on any atom is 0.337 e. The standard InChI is InChI=1S/C21H23N5O2/c1-15-13-19(26(2)12-9-16-7-10-22-11-8-16)25-21(23-15)24-18-6-4-5-17(14-18)20(27)28-3/h4-8,10-11,13-14H,9,12H2,1-3H3,(H,23,24,25). The molecule has 0 spiro atoms. The van der Waals surface area contributed by atoms with Gasteiger partial charge in [-0.3, -0.25) is 4.98 Å². The van der Waals surface area contributed by atoms with Crippen LogP contribution in [0.1, 0.15) is 21.6 Å². The fourth-order valence-corrected chi connectivity index (χ4v) is 2.74. The highest BCUT2D eigenvalue weighted by atomic mass is 16.5. The number of methoxy groups -OCH3 is 1. The van der Waals surface area contributed by atoms with E-state index in [0.717, 1.165) is 30.2 Å². The van der Waals surface area contributed by atoms with Gasteiger partial charge in [-0.05, 0) is 49.2 Å². The number of nitrogens with zero attached hydrogens (tertiary/aromatic N) is 4. The molecule has 0 aliphatic rings. The number of ether oxygens (including phenoxy) is 1. The molecule has 3 rings (SSSR count). The zero-order valence-corrected chi connectivity index (χ0v) is 16.2. The fourth-order valence-electron chi connectivity index (χ4n) is 2.74. The van der Waals surface area contributed by atoms with Crippen LogP contribution in [-0.4, -0.2) is 41.6 Å². The van der Waals surface area contributed by atoms with Crippen LogP contribution in [0.25, 0.3) is 0 Å². The molecule has 0 bridgehead atoms. The van der Waals surface area contributed by atoms with Gasteiger partial charge in [0.15, 0.2) is 0 Å². The number of hydrogen-bond acceptors (Lipinski definition) is 7. The highest BCUT2D eigenvalue weighted by Crippen LogP contribution is 2.19. The first-order valence-electron chi connectivity index (χ1n) is 8.96. The molecule has 7 heteroatoms. The lowest BCUT2D eigenvalue weighted by Gasteiger charge is -2.19. The van der Waals surface area contributed by atoms with Gasteiger partial charge in [-0.15, -0.1) is 0 Å². The van der Waals surface area contributed by atoms with Crippen LogP contribution < -0.4 is 10.2 Å². The van der Waals surface area contributed by atoms with Gasteiger partial charge >= 0.3 is 5.97 Å². The quantitative estimate of drug-likeness (QED) is 0.632. The van der Waals surface area contributed by atoms with Crippen molar-refractivity contribution in [2.24, 2.45) is 0 Å². The number of benzene rings is 1. The second-order valence-electron chi connectivity index (χ2n) is 6.42. The summed E-state index contributed by atoms with van der Waals surface area (Å²) in [7, 11) is 3.37. The van der Waals surface area contributed by atoms with Crippen molar-refractivity contribution in [3.05, 3.63) is 71.7 Å². The highest BCUT2D eigenvalue weighted by Gasteiger charge is 2.10. The van der Waals surface area contributed by atoms with Crippen LogP contribution in [0.3, 0.4) is 0 Å². The lowest BCUT2D eigenvalue weighted by Crippen LogP contribution is -2.22. The summed E-state index contributed by atoms with van der Waals surface area (Å²) in [6.45, 7) is 2.75. The molecule has 1 aromatic carbocycles. The van der Waals surface area contributed by atoms with Gasteiger partial charge in [0.1, 0.15) is 5.82 Å². The van der Waals surface area contributed by atoms with Crippen molar-refractivity contribution in [1.82, 2.24) is 15.0 Å². The van der Waals surface area contributed by atoms with Crippen molar-refractivity contribution < 1.29 is 9.53 Å². The Morgan fingerprint density at radius 3 is 2.68 bits per heavy atom. The number of likely N-dealkylation sites (N-methyl/N-ethyl adjacent to an activating group) is 1. The Bertz CT molecular complexity index is 947. The zero-order chi connectivity index (χ0) is 19.9. The van der Waals surface area contributed by atoms with Crippen LogP contribution in [0.4, 0.5) is 17.5 Å². The van der Waals surface area contributed by atoms with Crippen molar-refractivity contribution in [2.45, 2.75) is 13.3 Å². The Balaban J connectivity index is 1.73. The van der Waals surface area contributed by atoms with Crippen molar-refractivity contribution in [3.8, 4) is 0 Å². The number of carbonyl (C=O) groups excluding carboxylic acids is 1. The van der Waals surface area contributed by atoms with Crippen molar-refractivity contribution in [2.75, 3.05) is 30.9 Å². The number of aryl methyl sites for hydroxylation is 1. The number of rotatable bonds is 7. The average Bonchev–Trinajstić information content (AvgIpc) is 2.72. The number of esters is 1. The molecule has 0 radical (unpaired) electrons. The molecule has 0 fully saturated rings. The van der Waals surface area contributed by atoms with Gasteiger partial charge in [-0.25, -0.2) is 9.78 Å². The van der Waals surface area contributed by atoms with Crippen LogP contribution in [0.5, 0.6) is 0 Å². The molecule has 0 aliphatic carbocycles. The number of pyridine rings is 1. The molecule has 2 heterocycles. The third-order valence-electron chi connectivity index (χ3n) is 4.26.